The molecule has 8 nitrogen and oxygen atoms in total. The van der Waals surface area contributed by atoms with Gasteiger partial charge >= 0.3 is 6.18 Å². The number of fused-ring (bicyclic) bond motifs is 2. The van der Waals surface area contributed by atoms with E-state index in [1.54, 1.807) is 7.11 Å². The predicted molar refractivity (Wildman–Crippen MR) is 170 cm³/mol. The molecule has 3 aromatic carbocycles. The first-order valence-electron chi connectivity index (χ1n) is 15.0. The quantitative estimate of drug-likeness (QED) is 0.146. The fourth-order valence-electron chi connectivity index (χ4n) is 6.59. The van der Waals surface area contributed by atoms with Crippen LogP contribution in [0.5, 0.6) is 5.75 Å². The van der Waals surface area contributed by atoms with Crippen molar-refractivity contribution in [1.82, 2.24) is 25.5 Å². The van der Waals surface area contributed by atoms with E-state index in [9.17, 15) is 22.8 Å². The van der Waals surface area contributed by atoms with E-state index in [1.165, 1.54) is 25.1 Å². The number of hydrogen-bond donors (Lipinski definition) is 4. The standard InChI is InChI=1S/C35H34F3N5O3/c1-22(44)42-34(43-16-8-3-9-17-43,33(45)41-19-23-10-4-6-12-29(23)35(36,37)38)32(27-20-39-30-13-7-5-11-25(27)30)28-21-40-31-15-14-24(46-2)18-26(28)31/h3-8,10-15,18,20-21,32,39-40H,9,16-17,19H2,1-2H3,(H,41,45)(H,42,44). The van der Waals surface area contributed by atoms with Gasteiger partial charge in [-0.25, -0.2) is 0 Å². The third-order valence-corrected chi connectivity index (χ3v) is 8.61. The highest BCUT2D eigenvalue weighted by atomic mass is 19.4. The second kappa shape index (κ2) is 12.4. The highest BCUT2D eigenvalue weighted by molar-refractivity contribution is 5.97. The Morgan fingerprint density at radius 1 is 0.935 bits per heavy atom. The number of nitrogens with zero attached hydrogens (tertiary/aromatic N) is 1. The third-order valence-electron chi connectivity index (χ3n) is 8.61. The van der Waals surface area contributed by atoms with Crippen molar-refractivity contribution in [3.8, 4) is 5.75 Å². The Hall–Kier alpha value is -5.03. The molecule has 2 aromatic heterocycles. The maximum absolute atomic E-state index is 14.9. The molecule has 6 rings (SSSR count). The van der Waals surface area contributed by atoms with Crippen LogP contribution in [0.25, 0.3) is 21.8 Å². The molecule has 1 aliphatic heterocycles. The lowest BCUT2D eigenvalue weighted by atomic mass is 9.77. The van der Waals surface area contributed by atoms with Crippen LogP contribution in [-0.2, 0) is 22.3 Å². The van der Waals surface area contributed by atoms with Crippen LogP contribution < -0.4 is 15.4 Å². The first-order chi connectivity index (χ1) is 22.1. The number of halogens is 3. The van der Waals surface area contributed by atoms with E-state index in [0.717, 1.165) is 33.4 Å². The van der Waals surface area contributed by atoms with Gasteiger partial charge in [0.2, 0.25) is 5.91 Å². The third kappa shape index (κ3) is 5.62. The topological polar surface area (TPSA) is 102 Å². The molecule has 4 N–H and O–H groups in total. The van der Waals surface area contributed by atoms with Gasteiger partial charge in [-0.05, 0) is 53.4 Å². The van der Waals surface area contributed by atoms with Gasteiger partial charge in [0.05, 0.1) is 18.6 Å². The maximum Gasteiger partial charge on any atom is 0.416 e. The summed E-state index contributed by atoms with van der Waals surface area (Å²) in [6.07, 6.45) is 3.58. The van der Waals surface area contributed by atoms with E-state index in [2.05, 4.69) is 20.6 Å². The lowest BCUT2D eigenvalue weighted by Gasteiger charge is -2.48. The lowest BCUT2D eigenvalue weighted by molar-refractivity contribution is -0.143. The van der Waals surface area contributed by atoms with Gasteiger partial charge in [0.25, 0.3) is 5.91 Å². The minimum absolute atomic E-state index is 0.0842. The zero-order valence-electron chi connectivity index (χ0n) is 25.4. The Labute approximate surface area is 263 Å². The first kappa shape index (κ1) is 31.0. The van der Waals surface area contributed by atoms with Crippen LogP contribution in [0.3, 0.4) is 0 Å². The molecule has 2 amide bonds. The van der Waals surface area contributed by atoms with Crippen LogP contribution in [0.1, 0.15) is 41.5 Å². The van der Waals surface area contributed by atoms with Crippen molar-refractivity contribution in [2.45, 2.75) is 37.6 Å². The van der Waals surface area contributed by atoms with Crippen molar-refractivity contribution in [1.29, 1.82) is 0 Å². The Morgan fingerprint density at radius 2 is 1.63 bits per heavy atom. The van der Waals surface area contributed by atoms with Crippen molar-refractivity contribution in [3.05, 3.63) is 114 Å². The molecule has 2 atom stereocenters. The van der Waals surface area contributed by atoms with Gasteiger partial charge < -0.3 is 25.3 Å². The van der Waals surface area contributed by atoms with Gasteiger partial charge in [-0.15, -0.1) is 0 Å². The Bertz CT molecular complexity index is 1930. The summed E-state index contributed by atoms with van der Waals surface area (Å²) in [5.74, 6) is -1.34. The number of benzene rings is 3. The number of methoxy groups -OCH3 is 1. The van der Waals surface area contributed by atoms with Crippen LogP contribution in [0, 0.1) is 0 Å². The Kier molecular flexibility index (Phi) is 8.35. The van der Waals surface area contributed by atoms with Crippen molar-refractivity contribution < 1.29 is 27.5 Å². The number of aromatic amines is 2. The number of carbonyl (C=O) groups is 2. The van der Waals surface area contributed by atoms with Gasteiger partial charge in [0.15, 0.2) is 5.66 Å². The van der Waals surface area contributed by atoms with E-state index >= 15 is 0 Å². The van der Waals surface area contributed by atoms with Crippen molar-refractivity contribution in [2.75, 3.05) is 20.2 Å². The molecule has 0 saturated carbocycles. The molecule has 3 heterocycles. The fraction of sp³-hybridized carbons (Fsp3) is 0.257. The van der Waals surface area contributed by atoms with Crippen LogP contribution in [0.15, 0.2) is 91.3 Å². The molecule has 11 heteroatoms. The lowest BCUT2D eigenvalue weighted by Crippen LogP contribution is -2.71. The van der Waals surface area contributed by atoms with Crippen LogP contribution in [0.4, 0.5) is 13.2 Å². The van der Waals surface area contributed by atoms with E-state index in [0.29, 0.717) is 30.8 Å². The minimum Gasteiger partial charge on any atom is -0.497 e. The summed E-state index contributed by atoms with van der Waals surface area (Å²) in [5, 5.41) is 7.46. The molecular weight excluding hydrogens is 595 g/mol. The highest BCUT2D eigenvalue weighted by Crippen LogP contribution is 2.45. The first-order valence-corrected chi connectivity index (χ1v) is 15.0. The molecule has 0 fully saturated rings. The summed E-state index contributed by atoms with van der Waals surface area (Å²) >= 11 is 0. The van der Waals surface area contributed by atoms with Gasteiger partial charge in [-0.1, -0.05) is 48.6 Å². The zero-order valence-corrected chi connectivity index (χ0v) is 25.4. The zero-order chi connectivity index (χ0) is 32.5. The average Bonchev–Trinajstić information content (AvgIpc) is 3.67. The molecule has 5 aromatic rings. The molecule has 0 aliphatic carbocycles. The SMILES string of the molecule is COc1ccc2[nH]cc(C(c3c[nH]c4ccccc34)C(NC(C)=O)(C(=O)NCc3ccccc3C(F)(F)F)N3CC=CCC3)c2c1. The van der Waals surface area contributed by atoms with Crippen LogP contribution in [-0.4, -0.2) is 52.5 Å². The number of ether oxygens (including phenoxy) is 1. The fourth-order valence-corrected chi connectivity index (χ4v) is 6.59. The maximum atomic E-state index is 14.9. The van der Waals surface area contributed by atoms with Gasteiger partial charge in [0, 0.05) is 60.8 Å². The molecule has 46 heavy (non-hydrogen) atoms. The number of H-pyrrole nitrogens is 2. The van der Waals surface area contributed by atoms with E-state index in [-0.39, 0.29) is 5.56 Å². The van der Waals surface area contributed by atoms with E-state index < -0.39 is 41.7 Å². The monoisotopic (exact) mass is 629 g/mol. The second-order valence-electron chi connectivity index (χ2n) is 11.4. The highest BCUT2D eigenvalue weighted by Gasteiger charge is 2.53. The summed E-state index contributed by atoms with van der Waals surface area (Å²) in [7, 11) is 1.57. The number of amides is 2. The largest absolute Gasteiger partial charge is 0.497 e. The summed E-state index contributed by atoms with van der Waals surface area (Å²) in [4.78, 5) is 36.7. The smallest absolute Gasteiger partial charge is 0.416 e. The molecule has 0 bridgehead atoms. The Morgan fingerprint density at radius 3 is 2.33 bits per heavy atom. The Balaban J connectivity index is 1.60. The van der Waals surface area contributed by atoms with Gasteiger partial charge in [0.1, 0.15) is 5.75 Å². The number of para-hydroxylation sites is 1. The molecule has 2 unspecified atom stereocenters. The molecule has 1 aliphatic rings. The van der Waals surface area contributed by atoms with E-state index in [1.807, 2.05) is 71.9 Å². The molecular formula is C35H34F3N5O3. The van der Waals surface area contributed by atoms with Crippen molar-refractivity contribution in [2.24, 2.45) is 0 Å². The second-order valence-corrected chi connectivity index (χ2v) is 11.4. The normalized spacial score (nSPS) is 15.8. The van der Waals surface area contributed by atoms with Crippen molar-refractivity contribution in [3.63, 3.8) is 0 Å². The summed E-state index contributed by atoms with van der Waals surface area (Å²) in [6.45, 7) is 1.67. The summed E-state index contributed by atoms with van der Waals surface area (Å²) < 4.78 is 47.3. The van der Waals surface area contributed by atoms with Gasteiger partial charge in [-0.2, -0.15) is 13.2 Å². The molecule has 0 saturated heterocycles. The minimum atomic E-state index is -4.61. The summed E-state index contributed by atoms with van der Waals surface area (Å²) in [5.41, 5.74) is 0.358. The average molecular weight is 630 g/mol. The molecule has 238 valence electrons. The molecule has 0 radical (unpaired) electrons. The number of aromatic nitrogens is 2. The molecule has 0 spiro atoms. The van der Waals surface area contributed by atoms with Gasteiger partial charge in [-0.3, -0.25) is 14.5 Å². The van der Waals surface area contributed by atoms with Crippen LogP contribution in [0.2, 0.25) is 0 Å². The number of nitrogens with one attached hydrogen (secondary N) is 4. The van der Waals surface area contributed by atoms with E-state index in [4.69, 9.17) is 4.74 Å². The number of hydrogen-bond acceptors (Lipinski definition) is 4. The predicted octanol–water partition coefficient (Wildman–Crippen LogP) is 6.22. The number of alkyl halides is 3. The summed E-state index contributed by atoms with van der Waals surface area (Å²) in [6, 6.07) is 18.4. The number of carbonyl (C=O) groups excluding carboxylic acids is 2. The number of rotatable bonds is 9. The van der Waals surface area contributed by atoms with Crippen LogP contribution >= 0.6 is 0 Å². The van der Waals surface area contributed by atoms with Crippen molar-refractivity contribution >= 4 is 33.6 Å².